The lowest BCUT2D eigenvalue weighted by atomic mass is 9.74. The zero-order valence-electron chi connectivity index (χ0n) is 25.4. The normalized spacial score (nSPS) is 15.9. The van der Waals surface area contributed by atoms with Crippen molar-refractivity contribution in [3.05, 3.63) is 41.3 Å². The predicted octanol–water partition coefficient (Wildman–Crippen LogP) is 5.68. The van der Waals surface area contributed by atoms with Gasteiger partial charge in [-0.2, -0.15) is 0 Å². The average Bonchev–Trinajstić information content (AvgIpc) is 3.48. The van der Waals surface area contributed by atoms with E-state index in [2.05, 4.69) is 40.8 Å². The maximum absolute atomic E-state index is 14.1. The third-order valence-electron chi connectivity index (χ3n) is 8.64. The molecule has 0 spiro atoms. The van der Waals surface area contributed by atoms with E-state index in [1.54, 1.807) is 12.1 Å². The number of sulfonamides is 1. The van der Waals surface area contributed by atoms with Gasteiger partial charge in [0, 0.05) is 34.6 Å². The summed E-state index contributed by atoms with van der Waals surface area (Å²) in [5.41, 5.74) is 0.756. The van der Waals surface area contributed by atoms with Crippen LogP contribution in [0, 0.1) is 0 Å². The van der Waals surface area contributed by atoms with Crippen LogP contribution in [0.2, 0.25) is 0 Å². The standard InChI is InChI=1S/C30H45N5O5S/c1-28(2,3)24-19-25-31-32-27(35(25)33-24)29(4,5)30(6,7)34-41(38,39)23-18-21(20-12-9-8-10-13-20)15-16-22(23)40-17-11-14-26(36)37/h15-16,18-20,33-34H,8-14,17H2,1-7H3,(H,36,37). The van der Waals surface area contributed by atoms with Gasteiger partial charge < -0.3 is 9.84 Å². The Hall–Kier alpha value is -2.92. The first-order valence-electron chi connectivity index (χ1n) is 14.5. The second-order valence-corrected chi connectivity index (χ2v) is 15.0. The summed E-state index contributed by atoms with van der Waals surface area (Å²) >= 11 is 0. The molecule has 0 aliphatic heterocycles. The molecule has 0 amide bonds. The second-order valence-electron chi connectivity index (χ2n) is 13.4. The quantitative estimate of drug-likeness (QED) is 0.245. The number of nitrogens with one attached hydrogen (secondary N) is 2. The number of fused-ring (bicyclic) bond motifs is 1. The number of hydrogen-bond donors (Lipinski definition) is 3. The molecule has 1 fully saturated rings. The van der Waals surface area contributed by atoms with Gasteiger partial charge in [-0.05, 0) is 56.7 Å². The molecule has 1 saturated carbocycles. The number of aromatic nitrogens is 4. The molecule has 1 aliphatic rings. The maximum atomic E-state index is 14.1. The molecule has 0 atom stereocenters. The average molecular weight is 588 g/mol. The van der Waals surface area contributed by atoms with Crippen LogP contribution < -0.4 is 9.46 Å². The molecule has 1 aliphatic carbocycles. The molecular formula is C30H45N5O5S. The largest absolute Gasteiger partial charge is 0.492 e. The number of rotatable bonds is 11. The van der Waals surface area contributed by atoms with Crippen LogP contribution in [0.1, 0.15) is 116 Å². The molecule has 3 aromatic rings. The zero-order chi connectivity index (χ0) is 30.2. The first-order chi connectivity index (χ1) is 19.0. The van der Waals surface area contributed by atoms with E-state index in [-0.39, 0.29) is 35.5 Å². The summed E-state index contributed by atoms with van der Waals surface area (Å²) in [6.45, 7) is 14.0. The van der Waals surface area contributed by atoms with Gasteiger partial charge in [0.05, 0.1) is 6.61 Å². The number of hydrogen-bond acceptors (Lipinski definition) is 6. The predicted molar refractivity (Wildman–Crippen MR) is 158 cm³/mol. The molecule has 0 radical (unpaired) electrons. The van der Waals surface area contributed by atoms with Crippen LogP contribution in [0.25, 0.3) is 5.65 Å². The van der Waals surface area contributed by atoms with E-state index >= 15 is 0 Å². The Morgan fingerprint density at radius 1 is 1.07 bits per heavy atom. The fraction of sp³-hybridized carbons (Fsp3) is 0.633. The van der Waals surface area contributed by atoms with Gasteiger partial charge in [-0.3, -0.25) is 9.89 Å². The molecule has 2 aromatic heterocycles. The highest BCUT2D eigenvalue weighted by atomic mass is 32.2. The minimum atomic E-state index is -4.07. The van der Waals surface area contributed by atoms with Crippen molar-refractivity contribution in [1.29, 1.82) is 0 Å². The lowest BCUT2D eigenvalue weighted by molar-refractivity contribution is -0.137. The van der Waals surface area contributed by atoms with E-state index in [0.29, 0.717) is 17.4 Å². The number of benzene rings is 1. The molecule has 10 nitrogen and oxygen atoms in total. The van der Waals surface area contributed by atoms with Crippen LogP contribution in [0.3, 0.4) is 0 Å². The lowest BCUT2D eigenvalue weighted by Crippen LogP contribution is -2.56. The van der Waals surface area contributed by atoms with Gasteiger partial charge in [0.1, 0.15) is 10.6 Å². The minimum Gasteiger partial charge on any atom is -0.492 e. The SMILES string of the molecule is CC(C)(C)c1cc2nnc(C(C)(C)C(C)(C)NS(=O)(=O)c3cc(C4CCCCC4)ccc3OCCCC(=O)O)n2[nH]1. The molecule has 0 unspecified atom stereocenters. The number of H-pyrrole nitrogens is 1. The summed E-state index contributed by atoms with van der Waals surface area (Å²) in [5.74, 6) is 0.216. The van der Waals surface area contributed by atoms with E-state index in [4.69, 9.17) is 9.84 Å². The molecule has 3 N–H and O–H groups in total. The maximum Gasteiger partial charge on any atom is 0.303 e. The Bertz CT molecular complexity index is 1490. The number of carboxylic acid groups (broad SMARTS) is 1. The Labute approximate surface area is 243 Å². The van der Waals surface area contributed by atoms with Crippen molar-refractivity contribution in [2.24, 2.45) is 0 Å². The number of ether oxygens (including phenoxy) is 1. The molecule has 11 heteroatoms. The van der Waals surface area contributed by atoms with Crippen LogP contribution >= 0.6 is 0 Å². The molecule has 1 aromatic carbocycles. The smallest absolute Gasteiger partial charge is 0.303 e. The van der Waals surface area contributed by atoms with Gasteiger partial charge in [0.2, 0.25) is 10.0 Å². The molecule has 0 bridgehead atoms. The summed E-state index contributed by atoms with van der Waals surface area (Å²) in [4.78, 5) is 11.0. The summed E-state index contributed by atoms with van der Waals surface area (Å²) < 4.78 is 38.9. The lowest BCUT2D eigenvalue weighted by Gasteiger charge is -2.40. The summed E-state index contributed by atoms with van der Waals surface area (Å²) in [7, 11) is -4.07. The molecule has 226 valence electrons. The van der Waals surface area contributed by atoms with Crippen molar-refractivity contribution < 1.29 is 23.1 Å². The highest BCUT2D eigenvalue weighted by Crippen LogP contribution is 2.39. The fourth-order valence-electron chi connectivity index (χ4n) is 5.32. The third-order valence-corrected chi connectivity index (χ3v) is 10.3. The van der Waals surface area contributed by atoms with E-state index in [1.807, 2.05) is 44.3 Å². The fourth-order valence-corrected chi connectivity index (χ4v) is 7.04. The van der Waals surface area contributed by atoms with E-state index in [0.717, 1.165) is 36.9 Å². The summed E-state index contributed by atoms with van der Waals surface area (Å²) in [6, 6.07) is 7.37. The molecule has 2 heterocycles. The van der Waals surface area contributed by atoms with Gasteiger partial charge in [0.15, 0.2) is 11.5 Å². The number of nitrogens with zero attached hydrogens (tertiary/aromatic N) is 3. The summed E-state index contributed by atoms with van der Waals surface area (Å²) in [5, 5.41) is 21.2. The number of aliphatic carboxylic acids is 1. The van der Waals surface area contributed by atoms with E-state index < -0.39 is 26.9 Å². The van der Waals surface area contributed by atoms with Crippen LogP contribution in [0.4, 0.5) is 0 Å². The topological polar surface area (TPSA) is 139 Å². The highest BCUT2D eigenvalue weighted by Gasteiger charge is 2.45. The summed E-state index contributed by atoms with van der Waals surface area (Å²) in [6.07, 6.45) is 5.74. The van der Waals surface area contributed by atoms with Gasteiger partial charge in [-0.1, -0.05) is 59.9 Å². The van der Waals surface area contributed by atoms with Gasteiger partial charge in [-0.25, -0.2) is 17.7 Å². The molecule has 4 rings (SSSR count). The van der Waals surface area contributed by atoms with Crippen LogP contribution in [-0.4, -0.2) is 51.5 Å². The number of aromatic amines is 1. The molecule has 41 heavy (non-hydrogen) atoms. The molecule has 0 saturated heterocycles. The van der Waals surface area contributed by atoms with Crippen LogP contribution in [-0.2, 0) is 25.6 Å². The zero-order valence-corrected chi connectivity index (χ0v) is 26.2. The molecular weight excluding hydrogens is 542 g/mol. The van der Waals surface area contributed by atoms with Crippen LogP contribution in [0.5, 0.6) is 5.75 Å². The Morgan fingerprint density at radius 3 is 2.39 bits per heavy atom. The van der Waals surface area contributed by atoms with Crippen molar-refractivity contribution in [3.8, 4) is 5.75 Å². The first kappa shape index (κ1) is 31.0. The first-order valence-corrected chi connectivity index (χ1v) is 16.0. The number of carboxylic acids is 1. The number of carbonyl (C=O) groups is 1. The van der Waals surface area contributed by atoms with Crippen LogP contribution in [0.15, 0.2) is 29.2 Å². The van der Waals surface area contributed by atoms with E-state index in [1.165, 1.54) is 6.42 Å². The Balaban J connectivity index is 1.68. The monoisotopic (exact) mass is 587 g/mol. The van der Waals surface area contributed by atoms with E-state index in [9.17, 15) is 13.2 Å². The van der Waals surface area contributed by atoms with Crippen molar-refractivity contribution in [2.45, 2.75) is 121 Å². The van der Waals surface area contributed by atoms with Gasteiger partial charge in [-0.15, -0.1) is 10.2 Å². The second kappa shape index (κ2) is 11.4. The van der Waals surface area contributed by atoms with Gasteiger partial charge >= 0.3 is 5.97 Å². The Morgan fingerprint density at radius 2 is 1.76 bits per heavy atom. The van der Waals surface area contributed by atoms with Crippen molar-refractivity contribution >= 4 is 21.6 Å². The minimum absolute atomic E-state index is 0.0514. The van der Waals surface area contributed by atoms with Gasteiger partial charge in [0.25, 0.3) is 0 Å². The third kappa shape index (κ3) is 6.61. The highest BCUT2D eigenvalue weighted by molar-refractivity contribution is 7.89. The Kier molecular flexibility index (Phi) is 8.62. The van der Waals surface area contributed by atoms with Crippen molar-refractivity contribution in [1.82, 2.24) is 24.5 Å². The van der Waals surface area contributed by atoms with Crippen molar-refractivity contribution in [2.75, 3.05) is 6.61 Å². The van der Waals surface area contributed by atoms with Crippen molar-refractivity contribution in [3.63, 3.8) is 0 Å².